The van der Waals surface area contributed by atoms with E-state index in [-0.39, 0.29) is 22.8 Å². The van der Waals surface area contributed by atoms with Crippen molar-refractivity contribution < 1.29 is 26.4 Å². The van der Waals surface area contributed by atoms with Crippen molar-refractivity contribution in [2.75, 3.05) is 20.7 Å². The smallest absolute Gasteiger partial charge is 0.306 e. The number of benzene rings is 1. The summed E-state index contributed by atoms with van der Waals surface area (Å²) >= 11 is 0. The molecule has 10 heteroatoms. The topological polar surface area (TPSA) is 119 Å². The lowest BCUT2D eigenvalue weighted by Gasteiger charge is -2.07. The fourth-order valence-electron chi connectivity index (χ4n) is 1.39. The van der Waals surface area contributed by atoms with Gasteiger partial charge in [0.2, 0.25) is 20.0 Å². The summed E-state index contributed by atoms with van der Waals surface area (Å²) in [5.41, 5.74) is 0. The lowest BCUT2D eigenvalue weighted by atomic mass is 10.4. The van der Waals surface area contributed by atoms with Gasteiger partial charge in [0, 0.05) is 6.54 Å². The highest BCUT2D eigenvalue weighted by atomic mass is 32.2. The van der Waals surface area contributed by atoms with E-state index >= 15 is 0 Å². The first kappa shape index (κ1) is 17.6. The molecule has 1 rings (SSSR count). The van der Waals surface area contributed by atoms with Crippen LogP contribution in [0.5, 0.6) is 0 Å². The third-order valence-electron chi connectivity index (χ3n) is 2.56. The lowest BCUT2D eigenvalue weighted by molar-refractivity contribution is -0.140. The van der Waals surface area contributed by atoms with Gasteiger partial charge < -0.3 is 4.74 Å². The Balaban J connectivity index is 2.83. The number of rotatable bonds is 7. The molecule has 118 valence electrons. The van der Waals surface area contributed by atoms with Crippen LogP contribution in [0, 0.1) is 0 Å². The van der Waals surface area contributed by atoms with E-state index in [1.807, 2.05) is 0 Å². The number of hydrogen-bond donors (Lipinski definition) is 2. The number of nitrogens with one attached hydrogen (secondary N) is 2. The van der Waals surface area contributed by atoms with Crippen molar-refractivity contribution in [1.29, 1.82) is 0 Å². The fourth-order valence-corrected chi connectivity index (χ4v) is 3.15. The van der Waals surface area contributed by atoms with E-state index in [9.17, 15) is 21.6 Å². The molecule has 1 aromatic carbocycles. The normalized spacial score (nSPS) is 12.1. The van der Waals surface area contributed by atoms with Gasteiger partial charge in [0.25, 0.3) is 0 Å². The molecule has 0 amide bonds. The van der Waals surface area contributed by atoms with E-state index in [2.05, 4.69) is 14.2 Å². The summed E-state index contributed by atoms with van der Waals surface area (Å²) in [6, 6.07) is 4.71. The standard InChI is InChI=1S/C11H16N2O6S2/c1-12-20(15,16)9-3-5-10(6-4-9)21(17,18)13-8-7-11(14)19-2/h3-6,12-13H,7-8H2,1-2H3. The van der Waals surface area contributed by atoms with E-state index < -0.39 is 26.0 Å². The van der Waals surface area contributed by atoms with Crippen molar-refractivity contribution in [1.82, 2.24) is 9.44 Å². The van der Waals surface area contributed by atoms with Crippen molar-refractivity contribution in [3.63, 3.8) is 0 Å². The molecule has 8 nitrogen and oxygen atoms in total. The monoisotopic (exact) mass is 336 g/mol. The van der Waals surface area contributed by atoms with Gasteiger partial charge in [0.15, 0.2) is 0 Å². The van der Waals surface area contributed by atoms with Crippen LogP contribution in [0.4, 0.5) is 0 Å². The van der Waals surface area contributed by atoms with Crippen molar-refractivity contribution in [3.8, 4) is 0 Å². The number of carbonyl (C=O) groups is 1. The summed E-state index contributed by atoms with van der Waals surface area (Å²) in [7, 11) is -4.96. The van der Waals surface area contributed by atoms with Crippen LogP contribution >= 0.6 is 0 Å². The second-order valence-corrected chi connectivity index (χ2v) is 7.56. The largest absolute Gasteiger partial charge is 0.469 e. The molecule has 0 saturated carbocycles. The first-order valence-corrected chi connectivity index (χ1v) is 8.79. The van der Waals surface area contributed by atoms with Gasteiger partial charge in [-0.05, 0) is 31.3 Å². The molecular formula is C11H16N2O6S2. The molecule has 0 aliphatic carbocycles. The summed E-state index contributed by atoms with van der Waals surface area (Å²) in [4.78, 5) is 10.8. The van der Waals surface area contributed by atoms with Gasteiger partial charge in [-0.2, -0.15) is 0 Å². The fraction of sp³-hybridized carbons (Fsp3) is 0.364. The van der Waals surface area contributed by atoms with Crippen molar-refractivity contribution in [2.24, 2.45) is 0 Å². The third-order valence-corrected chi connectivity index (χ3v) is 5.47. The van der Waals surface area contributed by atoms with E-state index in [0.717, 1.165) is 0 Å². The Morgan fingerprint density at radius 3 is 1.95 bits per heavy atom. The van der Waals surface area contributed by atoms with Crippen LogP contribution in [0.25, 0.3) is 0 Å². The van der Waals surface area contributed by atoms with Gasteiger partial charge in [0.05, 0.1) is 23.3 Å². The van der Waals surface area contributed by atoms with Crippen molar-refractivity contribution in [2.45, 2.75) is 16.2 Å². The number of sulfonamides is 2. The van der Waals surface area contributed by atoms with Crippen LogP contribution < -0.4 is 9.44 Å². The number of hydrogen-bond acceptors (Lipinski definition) is 6. The van der Waals surface area contributed by atoms with E-state index in [4.69, 9.17) is 0 Å². The van der Waals surface area contributed by atoms with Crippen LogP contribution in [-0.4, -0.2) is 43.5 Å². The van der Waals surface area contributed by atoms with Gasteiger partial charge in [-0.1, -0.05) is 0 Å². The van der Waals surface area contributed by atoms with E-state index in [1.165, 1.54) is 38.4 Å². The molecule has 0 saturated heterocycles. The first-order chi connectivity index (χ1) is 9.73. The Labute approximate surface area is 123 Å². The van der Waals surface area contributed by atoms with Gasteiger partial charge in [-0.15, -0.1) is 0 Å². The molecule has 0 heterocycles. The minimum atomic E-state index is -3.81. The van der Waals surface area contributed by atoms with Gasteiger partial charge in [-0.3, -0.25) is 4.79 Å². The molecule has 0 aromatic heterocycles. The van der Waals surface area contributed by atoms with Crippen LogP contribution in [-0.2, 0) is 29.6 Å². The highest BCUT2D eigenvalue weighted by Gasteiger charge is 2.17. The maximum atomic E-state index is 11.9. The molecule has 0 aliphatic rings. The molecular weight excluding hydrogens is 320 g/mol. The Hall–Kier alpha value is -1.49. The van der Waals surface area contributed by atoms with Crippen molar-refractivity contribution in [3.05, 3.63) is 24.3 Å². The quantitative estimate of drug-likeness (QED) is 0.644. The molecule has 0 atom stereocenters. The predicted octanol–water partition coefficient (Wildman–Crippen LogP) is -0.564. The van der Waals surface area contributed by atoms with Crippen molar-refractivity contribution >= 4 is 26.0 Å². The Kier molecular flexibility index (Phi) is 5.84. The van der Waals surface area contributed by atoms with Crippen LogP contribution in [0.3, 0.4) is 0 Å². The molecule has 0 aliphatic heterocycles. The summed E-state index contributed by atoms with van der Waals surface area (Å²) in [5, 5.41) is 0. The predicted molar refractivity (Wildman–Crippen MR) is 74.5 cm³/mol. The zero-order valence-corrected chi connectivity index (χ0v) is 13.1. The number of carbonyl (C=O) groups excluding carboxylic acids is 1. The van der Waals surface area contributed by atoms with Gasteiger partial charge in [0.1, 0.15) is 0 Å². The number of esters is 1. The maximum Gasteiger partial charge on any atom is 0.306 e. The molecule has 2 N–H and O–H groups in total. The Bertz CT molecular complexity index is 695. The Morgan fingerprint density at radius 1 is 1.05 bits per heavy atom. The van der Waals surface area contributed by atoms with Gasteiger partial charge >= 0.3 is 5.97 Å². The maximum absolute atomic E-state index is 11.9. The highest BCUT2D eigenvalue weighted by Crippen LogP contribution is 2.14. The third kappa shape index (κ3) is 4.77. The molecule has 0 bridgehead atoms. The number of ether oxygens (including phenoxy) is 1. The Morgan fingerprint density at radius 2 is 1.52 bits per heavy atom. The summed E-state index contributed by atoms with van der Waals surface area (Å²) in [6.45, 7) is -0.106. The highest BCUT2D eigenvalue weighted by molar-refractivity contribution is 7.90. The average molecular weight is 336 g/mol. The number of methoxy groups -OCH3 is 1. The molecule has 1 aromatic rings. The van der Waals surface area contributed by atoms with Gasteiger partial charge in [-0.25, -0.2) is 26.3 Å². The molecule has 0 unspecified atom stereocenters. The summed E-state index contributed by atoms with van der Waals surface area (Å²) in [5.74, 6) is -0.534. The minimum Gasteiger partial charge on any atom is -0.469 e. The molecule has 0 fully saturated rings. The zero-order chi connectivity index (χ0) is 16.1. The molecule has 0 spiro atoms. The second kappa shape index (κ2) is 6.98. The molecule has 21 heavy (non-hydrogen) atoms. The van der Waals surface area contributed by atoms with Crippen LogP contribution in [0.1, 0.15) is 6.42 Å². The van der Waals surface area contributed by atoms with Crippen LogP contribution in [0.2, 0.25) is 0 Å². The van der Waals surface area contributed by atoms with E-state index in [0.29, 0.717) is 0 Å². The SMILES string of the molecule is CNS(=O)(=O)c1ccc(S(=O)(=O)NCCC(=O)OC)cc1. The second-order valence-electron chi connectivity index (χ2n) is 3.90. The summed E-state index contributed by atoms with van der Waals surface area (Å²) in [6.07, 6.45) is -0.0953. The average Bonchev–Trinajstić information content (AvgIpc) is 2.47. The van der Waals surface area contributed by atoms with Crippen LogP contribution in [0.15, 0.2) is 34.1 Å². The molecule has 0 radical (unpaired) electrons. The summed E-state index contributed by atoms with van der Waals surface area (Å²) < 4.78 is 55.6. The zero-order valence-electron chi connectivity index (χ0n) is 11.5. The van der Waals surface area contributed by atoms with E-state index in [1.54, 1.807) is 0 Å². The first-order valence-electron chi connectivity index (χ1n) is 5.83. The lowest BCUT2D eigenvalue weighted by Crippen LogP contribution is -2.26. The minimum absolute atomic E-state index is 0.0430.